The summed E-state index contributed by atoms with van der Waals surface area (Å²) in [7, 11) is 0. The van der Waals surface area contributed by atoms with Crippen molar-refractivity contribution in [2.45, 2.75) is 4.90 Å². The normalized spacial score (nSPS) is 10.7. The first kappa shape index (κ1) is 16.1. The van der Waals surface area contributed by atoms with Crippen LogP contribution in [0.5, 0.6) is 0 Å². The highest BCUT2D eigenvalue weighted by Crippen LogP contribution is 2.36. The Morgan fingerprint density at radius 3 is 2.52 bits per heavy atom. The van der Waals surface area contributed by atoms with Crippen molar-refractivity contribution in [3.63, 3.8) is 0 Å². The largest absolute Gasteiger partial charge is 0.369 e. The zero-order valence-corrected chi connectivity index (χ0v) is 15.6. The highest BCUT2D eigenvalue weighted by Gasteiger charge is 2.18. The van der Waals surface area contributed by atoms with Crippen LogP contribution in [0.15, 0.2) is 65.6 Å². The van der Waals surface area contributed by atoms with Gasteiger partial charge < -0.3 is 5.73 Å². The van der Waals surface area contributed by atoms with Gasteiger partial charge in [0, 0.05) is 13.9 Å². The summed E-state index contributed by atoms with van der Waals surface area (Å²) in [5.74, 6) is 0.0116. The maximum atomic E-state index is 8.12. The van der Waals surface area contributed by atoms with Crippen molar-refractivity contribution in [1.29, 1.82) is 5.41 Å². The van der Waals surface area contributed by atoms with E-state index in [-0.39, 0.29) is 5.96 Å². The fourth-order valence-corrected chi connectivity index (χ4v) is 3.59. The summed E-state index contributed by atoms with van der Waals surface area (Å²) < 4.78 is 1.06. The summed E-state index contributed by atoms with van der Waals surface area (Å²) in [6.45, 7) is 0. The number of hydrogen-bond acceptors (Lipinski definition) is 2. The van der Waals surface area contributed by atoms with E-state index < -0.39 is 0 Å². The molecule has 3 aromatic rings. The number of nitrogens with two attached hydrogens (primary N) is 1. The molecule has 0 bridgehead atoms. The summed E-state index contributed by atoms with van der Waals surface area (Å²) in [6, 6.07) is 20.4. The average molecular weight is 433 g/mol. The van der Waals surface area contributed by atoms with E-state index >= 15 is 0 Å². The SMILES string of the molecule is CSc1ccc(I)c(N(C(=N)N)c2cccc3ccccc23)c1. The predicted molar refractivity (Wildman–Crippen MR) is 109 cm³/mol. The lowest BCUT2D eigenvalue weighted by Crippen LogP contribution is -2.33. The van der Waals surface area contributed by atoms with Gasteiger partial charge in [0.2, 0.25) is 0 Å². The number of guanidine groups is 1. The molecule has 5 heteroatoms. The number of fused-ring (bicyclic) bond motifs is 1. The second-order valence-electron chi connectivity index (χ2n) is 5.04. The third kappa shape index (κ3) is 3.16. The van der Waals surface area contributed by atoms with Crippen molar-refractivity contribution in [3.8, 4) is 0 Å². The van der Waals surface area contributed by atoms with Gasteiger partial charge in [0.25, 0.3) is 0 Å². The van der Waals surface area contributed by atoms with Gasteiger partial charge in [-0.05, 0) is 58.5 Å². The molecular formula is C18H16IN3S. The molecule has 23 heavy (non-hydrogen) atoms. The number of halogens is 1. The van der Waals surface area contributed by atoms with Crippen LogP contribution in [0, 0.1) is 8.98 Å². The van der Waals surface area contributed by atoms with E-state index in [1.165, 1.54) is 0 Å². The highest BCUT2D eigenvalue weighted by atomic mass is 127. The number of rotatable bonds is 3. The number of hydrogen-bond donors (Lipinski definition) is 2. The number of nitrogens with zero attached hydrogens (tertiary/aromatic N) is 1. The zero-order chi connectivity index (χ0) is 16.4. The van der Waals surface area contributed by atoms with E-state index in [0.29, 0.717) is 0 Å². The summed E-state index contributed by atoms with van der Waals surface area (Å²) in [6.07, 6.45) is 2.04. The Balaban J connectivity index is 2.25. The van der Waals surface area contributed by atoms with Gasteiger partial charge in [0.05, 0.1) is 11.4 Å². The van der Waals surface area contributed by atoms with E-state index in [0.717, 1.165) is 30.6 Å². The molecule has 0 saturated heterocycles. The predicted octanol–water partition coefficient (Wildman–Crippen LogP) is 5.20. The van der Waals surface area contributed by atoms with Gasteiger partial charge in [-0.1, -0.05) is 36.4 Å². The molecule has 3 nitrogen and oxygen atoms in total. The number of nitrogens with one attached hydrogen (secondary N) is 1. The van der Waals surface area contributed by atoms with Gasteiger partial charge in [0.1, 0.15) is 0 Å². The molecule has 0 aliphatic heterocycles. The summed E-state index contributed by atoms with van der Waals surface area (Å²) in [4.78, 5) is 2.95. The Bertz CT molecular complexity index is 874. The molecule has 0 amide bonds. The van der Waals surface area contributed by atoms with E-state index in [1.54, 1.807) is 11.8 Å². The van der Waals surface area contributed by atoms with Crippen LogP contribution in [-0.2, 0) is 0 Å². The number of anilines is 2. The van der Waals surface area contributed by atoms with Crippen LogP contribution in [-0.4, -0.2) is 12.2 Å². The molecule has 116 valence electrons. The first-order valence-electron chi connectivity index (χ1n) is 7.07. The lowest BCUT2D eigenvalue weighted by molar-refractivity contribution is 1.24. The lowest BCUT2D eigenvalue weighted by atomic mass is 10.1. The van der Waals surface area contributed by atoms with Crippen molar-refractivity contribution >= 4 is 62.5 Å². The summed E-state index contributed by atoms with van der Waals surface area (Å²) >= 11 is 3.97. The molecule has 0 aliphatic rings. The van der Waals surface area contributed by atoms with Crippen LogP contribution < -0.4 is 10.6 Å². The monoisotopic (exact) mass is 433 g/mol. The van der Waals surface area contributed by atoms with Gasteiger partial charge in [-0.3, -0.25) is 10.3 Å². The van der Waals surface area contributed by atoms with Gasteiger partial charge in [0.15, 0.2) is 5.96 Å². The average Bonchev–Trinajstić information content (AvgIpc) is 2.57. The van der Waals surface area contributed by atoms with Crippen LogP contribution in [0.3, 0.4) is 0 Å². The molecule has 0 fully saturated rings. The fourth-order valence-electron chi connectivity index (χ4n) is 2.58. The van der Waals surface area contributed by atoms with Crippen molar-refractivity contribution in [2.24, 2.45) is 5.73 Å². The van der Waals surface area contributed by atoms with Crippen LogP contribution in [0.2, 0.25) is 0 Å². The molecule has 0 aromatic heterocycles. The van der Waals surface area contributed by atoms with E-state index in [4.69, 9.17) is 11.1 Å². The second-order valence-corrected chi connectivity index (χ2v) is 7.08. The maximum Gasteiger partial charge on any atom is 0.197 e. The van der Waals surface area contributed by atoms with E-state index in [9.17, 15) is 0 Å². The lowest BCUT2D eigenvalue weighted by Gasteiger charge is -2.26. The molecular weight excluding hydrogens is 417 g/mol. The van der Waals surface area contributed by atoms with Crippen LogP contribution in [0.1, 0.15) is 0 Å². The molecule has 0 saturated carbocycles. The van der Waals surface area contributed by atoms with Crippen molar-refractivity contribution < 1.29 is 0 Å². The Labute approximate surface area is 153 Å². The number of thioether (sulfide) groups is 1. The minimum Gasteiger partial charge on any atom is -0.369 e. The van der Waals surface area contributed by atoms with Gasteiger partial charge in [-0.25, -0.2) is 0 Å². The van der Waals surface area contributed by atoms with Crippen LogP contribution >= 0.6 is 34.4 Å². The van der Waals surface area contributed by atoms with Crippen LogP contribution in [0.4, 0.5) is 11.4 Å². The summed E-state index contributed by atoms with van der Waals surface area (Å²) in [5.41, 5.74) is 7.81. The zero-order valence-electron chi connectivity index (χ0n) is 12.6. The molecule has 0 aliphatic carbocycles. The fraction of sp³-hybridized carbons (Fsp3) is 0.0556. The number of benzene rings is 3. The molecule has 0 unspecified atom stereocenters. The summed E-state index contributed by atoms with van der Waals surface area (Å²) in [5, 5.41) is 10.3. The quantitative estimate of drug-likeness (QED) is 0.259. The molecule has 0 radical (unpaired) electrons. The second kappa shape index (κ2) is 6.80. The Kier molecular flexibility index (Phi) is 4.77. The first-order valence-corrected chi connectivity index (χ1v) is 9.37. The Morgan fingerprint density at radius 2 is 1.78 bits per heavy atom. The Hall–Kier alpha value is -1.73. The van der Waals surface area contributed by atoms with Crippen molar-refractivity contribution in [3.05, 3.63) is 64.2 Å². The van der Waals surface area contributed by atoms with E-state index in [1.807, 2.05) is 35.4 Å². The molecule has 0 atom stereocenters. The Morgan fingerprint density at radius 1 is 1.04 bits per heavy atom. The topological polar surface area (TPSA) is 53.1 Å². The van der Waals surface area contributed by atoms with E-state index in [2.05, 4.69) is 59.0 Å². The third-order valence-electron chi connectivity index (χ3n) is 3.64. The molecule has 0 heterocycles. The van der Waals surface area contributed by atoms with Gasteiger partial charge in [-0.2, -0.15) is 0 Å². The third-order valence-corrected chi connectivity index (χ3v) is 5.28. The van der Waals surface area contributed by atoms with Gasteiger partial charge in [-0.15, -0.1) is 11.8 Å². The molecule has 0 spiro atoms. The van der Waals surface area contributed by atoms with Crippen molar-refractivity contribution in [2.75, 3.05) is 11.2 Å². The minimum absolute atomic E-state index is 0.0116. The standard InChI is InChI=1S/C18H16IN3S/c1-23-13-9-10-15(19)17(11-13)22(18(20)21)16-8-4-6-12-5-2-3-7-14(12)16/h2-11H,1H3,(H3,20,21). The molecule has 3 N–H and O–H groups in total. The van der Waals surface area contributed by atoms with Crippen molar-refractivity contribution in [1.82, 2.24) is 0 Å². The van der Waals surface area contributed by atoms with Crippen LogP contribution in [0.25, 0.3) is 10.8 Å². The molecule has 3 aromatic carbocycles. The minimum atomic E-state index is 0.0116. The van der Waals surface area contributed by atoms with Gasteiger partial charge >= 0.3 is 0 Å². The molecule has 3 rings (SSSR count). The highest BCUT2D eigenvalue weighted by molar-refractivity contribution is 14.1. The maximum absolute atomic E-state index is 8.12. The first-order chi connectivity index (χ1) is 11.1. The smallest absolute Gasteiger partial charge is 0.197 e.